The van der Waals surface area contributed by atoms with Gasteiger partial charge in [0.15, 0.2) is 0 Å². The molecule has 0 aromatic heterocycles. The smallest absolute Gasteiger partial charge is 0.416 e. The normalized spacial score (nSPS) is 15.2. The van der Waals surface area contributed by atoms with Crippen molar-refractivity contribution < 1.29 is 45.1 Å². The standard InChI is InChI=1S/C30H33F7N2O3/c1-18-12-23(31)6-7-24(18)25(20-8-10-39(11-9-20)27(41)42-28(2,3)4)16-26(40)38(5)17-19-13-21(29(32,33)34)15-22(14-19)30(35,36)37/h6-8,12-15,25H,9-11,16-17H2,1-5H3. The van der Waals surface area contributed by atoms with Crippen molar-refractivity contribution in [2.45, 2.75) is 71.0 Å². The lowest BCUT2D eigenvalue weighted by Gasteiger charge is -2.32. The molecule has 0 bridgehead atoms. The zero-order chi connectivity index (χ0) is 31.6. The lowest BCUT2D eigenvalue weighted by molar-refractivity contribution is -0.143. The molecular weight excluding hydrogens is 569 g/mol. The predicted molar refractivity (Wildman–Crippen MR) is 142 cm³/mol. The van der Waals surface area contributed by atoms with Gasteiger partial charge in [-0.05, 0) is 81.1 Å². The van der Waals surface area contributed by atoms with Crippen molar-refractivity contribution in [2.75, 3.05) is 20.1 Å². The first-order chi connectivity index (χ1) is 19.2. The van der Waals surface area contributed by atoms with Gasteiger partial charge in [0.05, 0.1) is 11.1 Å². The van der Waals surface area contributed by atoms with E-state index in [9.17, 15) is 40.3 Å². The summed E-state index contributed by atoms with van der Waals surface area (Å²) in [6, 6.07) is 5.33. The number of nitrogens with zero attached hydrogens (tertiary/aromatic N) is 2. The predicted octanol–water partition coefficient (Wildman–Crippen LogP) is 7.87. The largest absolute Gasteiger partial charge is 0.444 e. The minimum absolute atomic E-state index is 0.0365. The summed E-state index contributed by atoms with van der Waals surface area (Å²) in [5.74, 6) is -1.57. The zero-order valence-electron chi connectivity index (χ0n) is 23.9. The Morgan fingerprint density at radius 1 is 0.976 bits per heavy atom. The molecule has 0 saturated carbocycles. The SMILES string of the molecule is Cc1cc(F)ccc1C(CC(=O)N(C)Cc1cc(C(F)(F)F)cc(C(F)(F)F)c1)C1=CCN(C(=O)OC(C)(C)C)CC1. The van der Waals surface area contributed by atoms with E-state index in [2.05, 4.69) is 0 Å². The molecule has 230 valence electrons. The van der Waals surface area contributed by atoms with Crippen molar-refractivity contribution in [3.8, 4) is 0 Å². The third-order valence-corrected chi connectivity index (χ3v) is 6.82. The van der Waals surface area contributed by atoms with Gasteiger partial charge in [-0.2, -0.15) is 26.3 Å². The highest BCUT2D eigenvalue weighted by Gasteiger charge is 2.37. The second-order valence-electron chi connectivity index (χ2n) is 11.4. The van der Waals surface area contributed by atoms with E-state index in [0.717, 1.165) is 10.5 Å². The van der Waals surface area contributed by atoms with Crippen LogP contribution in [0.4, 0.5) is 35.5 Å². The van der Waals surface area contributed by atoms with Crippen LogP contribution in [-0.4, -0.2) is 47.5 Å². The maximum Gasteiger partial charge on any atom is 0.416 e. The Hall–Kier alpha value is -3.57. The molecule has 0 N–H and O–H groups in total. The molecule has 0 spiro atoms. The maximum absolute atomic E-state index is 13.9. The van der Waals surface area contributed by atoms with E-state index in [4.69, 9.17) is 4.74 Å². The molecule has 3 rings (SSSR count). The van der Waals surface area contributed by atoms with Crippen LogP contribution in [0.3, 0.4) is 0 Å². The van der Waals surface area contributed by atoms with Crippen molar-refractivity contribution in [1.82, 2.24) is 9.80 Å². The molecule has 1 unspecified atom stereocenters. The van der Waals surface area contributed by atoms with Crippen LogP contribution < -0.4 is 0 Å². The summed E-state index contributed by atoms with van der Waals surface area (Å²) in [5.41, 5.74) is -1.93. The van der Waals surface area contributed by atoms with Crippen LogP contribution in [0.15, 0.2) is 48.0 Å². The second-order valence-corrected chi connectivity index (χ2v) is 11.4. The van der Waals surface area contributed by atoms with Gasteiger partial charge < -0.3 is 14.5 Å². The Morgan fingerprint density at radius 2 is 1.57 bits per heavy atom. The number of aryl methyl sites for hydroxylation is 1. The molecular formula is C30H33F7N2O3. The number of alkyl halides is 6. The van der Waals surface area contributed by atoms with Crippen molar-refractivity contribution >= 4 is 12.0 Å². The van der Waals surface area contributed by atoms with Crippen LogP contribution in [0, 0.1) is 12.7 Å². The molecule has 5 nitrogen and oxygen atoms in total. The summed E-state index contributed by atoms with van der Waals surface area (Å²) in [7, 11) is 1.30. The van der Waals surface area contributed by atoms with Gasteiger partial charge >= 0.3 is 18.4 Å². The monoisotopic (exact) mass is 602 g/mol. The molecule has 0 fully saturated rings. The van der Waals surface area contributed by atoms with Gasteiger partial charge in [-0.25, -0.2) is 9.18 Å². The quantitative estimate of drug-likeness (QED) is 0.250. The Kier molecular flexibility index (Phi) is 9.68. The Bertz CT molecular complexity index is 1310. The minimum atomic E-state index is -5.01. The second kappa shape index (κ2) is 12.3. The van der Waals surface area contributed by atoms with Gasteiger partial charge in [0.25, 0.3) is 0 Å². The number of carbonyl (C=O) groups is 2. The molecule has 2 amide bonds. The molecule has 0 saturated heterocycles. The molecule has 0 radical (unpaired) electrons. The van der Waals surface area contributed by atoms with Gasteiger partial charge in [0.2, 0.25) is 5.91 Å². The van der Waals surface area contributed by atoms with Gasteiger partial charge in [0.1, 0.15) is 11.4 Å². The third-order valence-electron chi connectivity index (χ3n) is 6.82. The van der Waals surface area contributed by atoms with Crippen molar-refractivity contribution in [3.63, 3.8) is 0 Å². The summed E-state index contributed by atoms with van der Waals surface area (Å²) in [6.45, 7) is 6.92. The first-order valence-corrected chi connectivity index (χ1v) is 13.2. The molecule has 1 heterocycles. The minimum Gasteiger partial charge on any atom is -0.444 e. The lowest BCUT2D eigenvalue weighted by Crippen LogP contribution is -2.39. The molecule has 12 heteroatoms. The van der Waals surface area contributed by atoms with Gasteiger partial charge in [-0.1, -0.05) is 17.7 Å². The van der Waals surface area contributed by atoms with E-state index in [1.54, 1.807) is 39.8 Å². The van der Waals surface area contributed by atoms with Gasteiger partial charge in [-0.3, -0.25) is 4.79 Å². The van der Waals surface area contributed by atoms with E-state index in [1.165, 1.54) is 24.1 Å². The first-order valence-electron chi connectivity index (χ1n) is 13.2. The summed E-state index contributed by atoms with van der Waals surface area (Å²) in [5, 5.41) is 0. The summed E-state index contributed by atoms with van der Waals surface area (Å²) < 4.78 is 99.2. The van der Waals surface area contributed by atoms with Crippen LogP contribution >= 0.6 is 0 Å². The van der Waals surface area contributed by atoms with E-state index in [0.29, 0.717) is 36.2 Å². The van der Waals surface area contributed by atoms with Crippen LogP contribution in [0.2, 0.25) is 0 Å². The number of carbonyl (C=O) groups excluding carboxylic acids is 2. The fourth-order valence-electron chi connectivity index (χ4n) is 4.77. The molecule has 1 atom stereocenters. The average Bonchev–Trinajstić information content (AvgIpc) is 2.85. The van der Waals surface area contributed by atoms with E-state index < -0.39 is 59.4 Å². The summed E-state index contributed by atoms with van der Waals surface area (Å²) in [6.07, 6.45) is -8.53. The fourth-order valence-corrected chi connectivity index (χ4v) is 4.77. The molecule has 0 aliphatic carbocycles. The van der Waals surface area contributed by atoms with Crippen molar-refractivity contribution in [3.05, 3.63) is 81.7 Å². The van der Waals surface area contributed by atoms with Crippen LogP contribution in [-0.2, 0) is 28.4 Å². The highest BCUT2D eigenvalue weighted by molar-refractivity contribution is 5.77. The van der Waals surface area contributed by atoms with Crippen LogP contribution in [0.1, 0.15) is 67.3 Å². The van der Waals surface area contributed by atoms with Gasteiger partial charge in [-0.15, -0.1) is 0 Å². The average molecular weight is 603 g/mol. The lowest BCUT2D eigenvalue weighted by atomic mass is 9.82. The van der Waals surface area contributed by atoms with Gasteiger partial charge in [0, 0.05) is 39.0 Å². The Balaban J connectivity index is 1.87. The van der Waals surface area contributed by atoms with E-state index in [-0.39, 0.29) is 24.6 Å². The number of ether oxygens (including phenoxy) is 1. The highest BCUT2D eigenvalue weighted by atomic mass is 19.4. The first kappa shape index (κ1) is 32.9. The topological polar surface area (TPSA) is 49.9 Å². The van der Waals surface area contributed by atoms with Crippen molar-refractivity contribution in [1.29, 1.82) is 0 Å². The summed E-state index contributed by atoms with van der Waals surface area (Å²) in [4.78, 5) is 28.4. The number of benzene rings is 2. The highest BCUT2D eigenvalue weighted by Crippen LogP contribution is 2.38. The summed E-state index contributed by atoms with van der Waals surface area (Å²) >= 11 is 0. The number of amides is 2. The zero-order valence-corrected chi connectivity index (χ0v) is 23.9. The van der Waals surface area contributed by atoms with Crippen LogP contribution in [0.5, 0.6) is 0 Å². The molecule has 2 aromatic carbocycles. The Labute approximate surface area is 239 Å². The fraction of sp³-hybridized carbons (Fsp3) is 0.467. The maximum atomic E-state index is 13.9. The number of hydrogen-bond donors (Lipinski definition) is 0. The Morgan fingerprint density at radius 3 is 2.05 bits per heavy atom. The van der Waals surface area contributed by atoms with E-state index in [1.807, 2.05) is 0 Å². The number of hydrogen-bond acceptors (Lipinski definition) is 3. The van der Waals surface area contributed by atoms with E-state index >= 15 is 0 Å². The van der Waals surface area contributed by atoms with Crippen LogP contribution in [0.25, 0.3) is 0 Å². The molecule has 42 heavy (non-hydrogen) atoms. The van der Waals surface area contributed by atoms with Crippen molar-refractivity contribution in [2.24, 2.45) is 0 Å². The molecule has 1 aliphatic rings. The molecule has 2 aromatic rings. The number of halogens is 7. The third kappa shape index (κ3) is 8.72. The number of rotatable bonds is 6. The molecule has 1 aliphatic heterocycles.